The van der Waals surface area contributed by atoms with Crippen LogP contribution in [-0.2, 0) is 4.74 Å². The van der Waals surface area contributed by atoms with Gasteiger partial charge in [0.25, 0.3) is 0 Å². The molecule has 0 heterocycles. The van der Waals surface area contributed by atoms with E-state index in [0.717, 1.165) is 19.8 Å². The summed E-state index contributed by atoms with van der Waals surface area (Å²) in [5.74, 6) is 0. The fourth-order valence-electron chi connectivity index (χ4n) is 1.83. The molecule has 2 nitrogen and oxygen atoms in total. The highest BCUT2D eigenvalue weighted by Crippen LogP contribution is 2.06. The van der Waals surface area contributed by atoms with Gasteiger partial charge in [0.2, 0.25) is 0 Å². The lowest BCUT2D eigenvalue weighted by Crippen LogP contribution is -2.32. The molecule has 0 amide bonds. The van der Waals surface area contributed by atoms with Gasteiger partial charge in [-0.2, -0.15) is 0 Å². The zero-order chi connectivity index (χ0) is 12.1. The van der Waals surface area contributed by atoms with E-state index in [1.807, 2.05) is 0 Å². The van der Waals surface area contributed by atoms with Crippen molar-refractivity contribution < 1.29 is 4.74 Å². The van der Waals surface area contributed by atoms with E-state index < -0.39 is 0 Å². The van der Waals surface area contributed by atoms with E-state index in [4.69, 9.17) is 4.74 Å². The normalized spacial score (nSPS) is 12.9. The summed E-state index contributed by atoms with van der Waals surface area (Å²) in [5, 5.41) is 3.61. The maximum atomic E-state index is 5.54. The third kappa shape index (κ3) is 10.4. The van der Waals surface area contributed by atoms with Gasteiger partial charge >= 0.3 is 0 Å². The molecule has 98 valence electrons. The lowest BCUT2D eigenvalue weighted by molar-refractivity contribution is 0.130. The summed E-state index contributed by atoms with van der Waals surface area (Å²) in [6, 6.07) is 0.708. The Morgan fingerprint density at radius 3 is 2.25 bits per heavy atom. The van der Waals surface area contributed by atoms with E-state index in [0.29, 0.717) is 6.04 Å². The second-order valence-electron chi connectivity index (χ2n) is 4.55. The molecule has 0 saturated heterocycles. The minimum atomic E-state index is 0.708. The standard InChI is InChI=1S/C14H31NO/c1-4-7-10-14(9-6-3)15-11-13-16-12-8-5-2/h14-15H,4-13H2,1-3H3. The lowest BCUT2D eigenvalue weighted by atomic mass is 10.1. The Bertz CT molecular complexity index is 128. The molecule has 16 heavy (non-hydrogen) atoms. The van der Waals surface area contributed by atoms with E-state index in [1.165, 1.54) is 44.9 Å². The van der Waals surface area contributed by atoms with E-state index >= 15 is 0 Å². The predicted molar refractivity (Wildman–Crippen MR) is 72.0 cm³/mol. The molecule has 0 radical (unpaired) electrons. The largest absolute Gasteiger partial charge is 0.380 e. The minimum Gasteiger partial charge on any atom is -0.380 e. The average Bonchev–Trinajstić information content (AvgIpc) is 2.30. The van der Waals surface area contributed by atoms with E-state index in [9.17, 15) is 0 Å². The first-order valence-corrected chi connectivity index (χ1v) is 7.16. The summed E-state index contributed by atoms with van der Waals surface area (Å²) in [6.07, 6.45) is 8.95. The predicted octanol–water partition coefficient (Wildman–Crippen LogP) is 3.75. The van der Waals surface area contributed by atoms with Crippen LogP contribution in [0.5, 0.6) is 0 Å². The van der Waals surface area contributed by atoms with Crippen LogP contribution in [0.1, 0.15) is 65.7 Å². The van der Waals surface area contributed by atoms with Crippen molar-refractivity contribution in [2.24, 2.45) is 0 Å². The Labute approximate surface area is 102 Å². The van der Waals surface area contributed by atoms with Crippen LogP contribution in [0.15, 0.2) is 0 Å². The van der Waals surface area contributed by atoms with Crippen molar-refractivity contribution in [3.05, 3.63) is 0 Å². The van der Waals surface area contributed by atoms with Crippen LogP contribution >= 0.6 is 0 Å². The molecule has 1 atom stereocenters. The van der Waals surface area contributed by atoms with Gasteiger partial charge in [-0.1, -0.05) is 46.5 Å². The molecule has 0 saturated carbocycles. The molecule has 0 aromatic carbocycles. The molecule has 0 aromatic heterocycles. The highest BCUT2D eigenvalue weighted by molar-refractivity contribution is 4.65. The third-order valence-electron chi connectivity index (χ3n) is 2.86. The Kier molecular flexibility index (Phi) is 12.9. The molecule has 0 fully saturated rings. The van der Waals surface area contributed by atoms with Crippen molar-refractivity contribution in [1.29, 1.82) is 0 Å². The Balaban J connectivity index is 3.36. The fourth-order valence-corrected chi connectivity index (χ4v) is 1.83. The van der Waals surface area contributed by atoms with Gasteiger partial charge in [-0.05, 0) is 19.3 Å². The van der Waals surface area contributed by atoms with Crippen LogP contribution in [0.4, 0.5) is 0 Å². The summed E-state index contributed by atoms with van der Waals surface area (Å²) >= 11 is 0. The minimum absolute atomic E-state index is 0.708. The summed E-state index contributed by atoms with van der Waals surface area (Å²) in [6.45, 7) is 9.52. The summed E-state index contributed by atoms with van der Waals surface area (Å²) in [7, 11) is 0. The van der Waals surface area contributed by atoms with Crippen LogP contribution in [0.25, 0.3) is 0 Å². The smallest absolute Gasteiger partial charge is 0.0590 e. The number of hydrogen-bond acceptors (Lipinski definition) is 2. The molecule has 0 rings (SSSR count). The van der Waals surface area contributed by atoms with Gasteiger partial charge in [-0.3, -0.25) is 0 Å². The molecule has 0 aliphatic rings. The molecule has 0 aromatic rings. The van der Waals surface area contributed by atoms with Gasteiger partial charge in [-0.15, -0.1) is 0 Å². The summed E-state index contributed by atoms with van der Waals surface area (Å²) in [5.41, 5.74) is 0. The second-order valence-corrected chi connectivity index (χ2v) is 4.55. The number of nitrogens with one attached hydrogen (secondary N) is 1. The third-order valence-corrected chi connectivity index (χ3v) is 2.86. The van der Waals surface area contributed by atoms with E-state index in [2.05, 4.69) is 26.1 Å². The number of hydrogen-bond donors (Lipinski definition) is 1. The topological polar surface area (TPSA) is 21.3 Å². The van der Waals surface area contributed by atoms with Crippen molar-refractivity contribution in [2.75, 3.05) is 19.8 Å². The van der Waals surface area contributed by atoms with E-state index in [-0.39, 0.29) is 0 Å². The molecular formula is C14H31NO. The van der Waals surface area contributed by atoms with Gasteiger partial charge < -0.3 is 10.1 Å². The van der Waals surface area contributed by atoms with Gasteiger partial charge in [-0.25, -0.2) is 0 Å². The molecular weight excluding hydrogens is 198 g/mol. The Morgan fingerprint density at radius 2 is 1.62 bits per heavy atom. The molecule has 0 aliphatic carbocycles. The van der Waals surface area contributed by atoms with Crippen LogP contribution in [0.2, 0.25) is 0 Å². The highest BCUT2D eigenvalue weighted by atomic mass is 16.5. The number of unbranched alkanes of at least 4 members (excludes halogenated alkanes) is 2. The van der Waals surface area contributed by atoms with Gasteiger partial charge in [0.1, 0.15) is 0 Å². The molecule has 1 N–H and O–H groups in total. The first kappa shape index (κ1) is 15.9. The van der Waals surface area contributed by atoms with Gasteiger partial charge in [0.05, 0.1) is 6.61 Å². The molecule has 0 spiro atoms. The number of ether oxygens (including phenoxy) is 1. The van der Waals surface area contributed by atoms with Crippen LogP contribution in [0.3, 0.4) is 0 Å². The molecule has 0 aliphatic heterocycles. The van der Waals surface area contributed by atoms with Crippen molar-refractivity contribution in [3.63, 3.8) is 0 Å². The zero-order valence-corrected chi connectivity index (χ0v) is 11.6. The number of rotatable bonds is 12. The Hall–Kier alpha value is -0.0800. The van der Waals surface area contributed by atoms with E-state index in [1.54, 1.807) is 0 Å². The molecule has 0 bridgehead atoms. The fraction of sp³-hybridized carbons (Fsp3) is 1.00. The van der Waals surface area contributed by atoms with Gasteiger partial charge in [0.15, 0.2) is 0 Å². The molecule has 2 heteroatoms. The average molecular weight is 229 g/mol. The first-order valence-electron chi connectivity index (χ1n) is 7.16. The van der Waals surface area contributed by atoms with Crippen LogP contribution in [-0.4, -0.2) is 25.8 Å². The van der Waals surface area contributed by atoms with Crippen molar-refractivity contribution >= 4 is 0 Å². The highest BCUT2D eigenvalue weighted by Gasteiger charge is 2.05. The van der Waals surface area contributed by atoms with Crippen LogP contribution < -0.4 is 5.32 Å². The van der Waals surface area contributed by atoms with Gasteiger partial charge in [0, 0.05) is 19.2 Å². The maximum Gasteiger partial charge on any atom is 0.0590 e. The monoisotopic (exact) mass is 229 g/mol. The SMILES string of the molecule is CCCCOCCNC(CCC)CCCC. The first-order chi connectivity index (χ1) is 7.85. The zero-order valence-electron chi connectivity index (χ0n) is 11.6. The van der Waals surface area contributed by atoms with Crippen molar-refractivity contribution in [2.45, 2.75) is 71.8 Å². The second kappa shape index (κ2) is 13.0. The summed E-state index contributed by atoms with van der Waals surface area (Å²) in [4.78, 5) is 0. The summed E-state index contributed by atoms with van der Waals surface area (Å²) < 4.78 is 5.54. The molecule has 1 unspecified atom stereocenters. The van der Waals surface area contributed by atoms with Crippen molar-refractivity contribution in [3.8, 4) is 0 Å². The lowest BCUT2D eigenvalue weighted by Gasteiger charge is -2.17. The quantitative estimate of drug-likeness (QED) is 0.515. The Morgan fingerprint density at radius 1 is 0.875 bits per heavy atom. The maximum absolute atomic E-state index is 5.54. The van der Waals surface area contributed by atoms with Crippen LogP contribution in [0, 0.1) is 0 Å². The van der Waals surface area contributed by atoms with Crippen molar-refractivity contribution in [1.82, 2.24) is 5.32 Å².